The van der Waals surface area contributed by atoms with Gasteiger partial charge in [0.2, 0.25) is 10.2 Å². The van der Waals surface area contributed by atoms with Crippen molar-refractivity contribution in [2.75, 3.05) is 0 Å². The van der Waals surface area contributed by atoms with Gasteiger partial charge in [-0.05, 0) is 47.7 Å². The van der Waals surface area contributed by atoms with Crippen LogP contribution < -0.4 is 4.74 Å². The number of thioether (sulfide) groups is 1. The van der Waals surface area contributed by atoms with Crippen LogP contribution in [0.25, 0.3) is 6.08 Å². The molecule has 0 fully saturated rings. The predicted octanol–water partition coefficient (Wildman–Crippen LogP) is 4.23. The van der Waals surface area contributed by atoms with Gasteiger partial charge in [0.25, 0.3) is 5.91 Å². The SMILES string of the molecule is N=C1/C(=C\c2cccc(OC(=O)c3ccccc3F)c2)C(=O)N=C2SC(C(F)(F)F)=NN12. The van der Waals surface area contributed by atoms with Crippen LogP contribution in [0.1, 0.15) is 15.9 Å². The highest BCUT2D eigenvalue weighted by atomic mass is 32.2. The van der Waals surface area contributed by atoms with Crippen molar-refractivity contribution in [3.8, 4) is 5.75 Å². The summed E-state index contributed by atoms with van der Waals surface area (Å²) in [5.74, 6) is -3.16. The van der Waals surface area contributed by atoms with E-state index in [0.717, 1.165) is 6.07 Å². The Morgan fingerprint density at radius 1 is 1.16 bits per heavy atom. The number of nitrogens with zero attached hydrogens (tertiary/aromatic N) is 3. The zero-order valence-electron chi connectivity index (χ0n) is 15.7. The van der Waals surface area contributed by atoms with Gasteiger partial charge in [-0.25, -0.2) is 9.18 Å². The maximum atomic E-state index is 13.8. The van der Waals surface area contributed by atoms with Gasteiger partial charge in [0.05, 0.1) is 11.1 Å². The molecule has 1 N–H and O–H groups in total. The Kier molecular flexibility index (Phi) is 5.38. The minimum Gasteiger partial charge on any atom is -0.423 e. The topological polar surface area (TPSA) is 95.2 Å². The Morgan fingerprint density at radius 3 is 2.62 bits per heavy atom. The molecule has 2 aromatic rings. The first-order valence-corrected chi connectivity index (χ1v) is 9.59. The molecule has 2 aliphatic rings. The number of amides is 1. The summed E-state index contributed by atoms with van der Waals surface area (Å²) in [5, 5.41) is 10.4. The second-order valence-corrected chi connectivity index (χ2v) is 7.32. The van der Waals surface area contributed by atoms with Crippen molar-refractivity contribution in [1.29, 1.82) is 5.41 Å². The van der Waals surface area contributed by atoms with E-state index in [4.69, 9.17) is 10.1 Å². The number of amidine groups is 2. The minimum atomic E-state index is -4.74. The third kappa shape index (κ3) is 4.17. The molecule has 2 heterocycles. The molecule has 1 amide bonds. The number of alkyl halides is 3. The van der Waals surface area contributed by atoms with E-state index in [1.807, 2.05) is 0 Å². The zero-order chi connectivity index (χ0) is 23.0. The van der Waals surface area contributed by atoms with Crippen LogP contribution in [-0.4, -0.2) is 39.1 Å². The van der Waals surface area contributed by atoms with Gasteiger partial charge in [-0.3, -0.25) is 10.2 Å². The lowest BCUT2D eigenvalue weighted by Crippen LogP contribution is -2.35. The van der Waals surface area contributed by atoms with Crippen molar-refractivity contribution in [3.05, 3.63) is 71.0 Å². The Labute approximate surface area is 181 Å². The van der Waals surface area contributed by atoms with Crippen molar-refractivity contribution in [2.24, 2.45) is 10.1 Å². The molecule has 7 nitrogen and oxygen atoms in total. The van der Waals surface area contributed by atoms with Crippen molar-refractivity contribution in [1.82, 2.24) is 5.01 Å². The van der Waals surface area contributed by atoms with Gasteiger partial charge >= 0.3 is 12.1 Å². The lowest BCUT2D eigenvalue weighted by atomic mass is 10.1. The van der Waals surface area contributed by atoms with Gasteiger partial charge in [0.15, 0.2) is 5.84 Å². The highest BCUT2D eigenvalue weighted by Gasteiger charge is 2.46. The summed E-state index contributed by atoms with van der Waals surface area (Å²) >= 11 is 0.150. The summed E-state index contributed by atoms with van der Waals surface area (Å²) in [6.45, 7) is 0. The van der Waals surface area contributed by atoms with Gasteiger partial charge in [-0.15, -0.1) is 0 Å². The predicted molar refractivity (Wildman–Crippen MR) is 109 cm³/mol. The van der Waals surface area contributed by atoms with E-state index in [-0.39, 0.29) is 33.8 Å². The van der Waals surface area contributed by atoms with Gasteiger partial charge in [0, 0.05) is 0 Å². The van der Waals surface area contributed by atoms with E-state index in [2.05, 4.69) is 10.1 Å². The normalized spacial score (nSPS) is 17.2. The fourth-order valence-electron chi connectivity index (χ4n) is 2.73. The van der Waals surface area contributed by atoms with Crippen LogP contribution in [0.4, 0.5) is 17.6 Å². The number of benzene rings is 2. The fourth-order valence-corrected chi connectivity index (χ4v) is 3.49. The number of nitrogens with one attached hydrogen (secondary N) is 1. The molecule has 0 saturated heterocycles. The largest absolute Gasteiger partial charge is 0.441 e. The molecular formula is C20H10F4N4O3S. The third-order valence-electron chi connectivity index (χ3n) is 4.17. The zero-order valence-corrected chi connectivity index (χ0v) is 16.5. The van der Waals surface area contributed by atoms with Gasteiger partial charge in [-0.1, -0.05) is 24.3 Å². The molecular weight excluding hydrogens is 452 g/mol. The van der Waals surface area contributed by atoms with E-state index in [9.17, 15) is 27.2 Å². The van der Waals surface area contributed by atoms with Crippen molar-refractivity contribution < 1.29 is 31.9 Å². The second-order valence-electron chi connectivity index (χ2n) is 6.36. The van der Waals surface area contributed by atoms with Gasteiger partial charge < -0.3 is 4.74 Å². The Balaban J connectivity index is 1.59. The highest BCUT2D eigenvalue weighted by Crippen LogP contribution is 2.35. The number of carbonyl (C=O) groups excluding carboxylic acids is 2. The summed E-state index contributed by atoms with van der Waals surface area (Å²) in [6, 6.07) is 11.0. The standard InChI is InChI=1S/C20H10F4N4O3S/c21-14-7-2-1-6-12(14)17(30)31-11-5-3-4-10(8-11)9-13-15(25)28-19(26-16(13)29)32-18(27-28)20(22,23)24/h1-9,25H/b13-9+,25-15?. The minimum absolute atomic E-state index is 0.0284. The maximum absolute atomic E-state index is 13.8. The van der Waals surface area contributed by atoms with Crippen LogP contribution in [0.5, 0.6) is 5.75 Å². The summed E-state index contributed by atoms with van der Waals surface area (Å²) < 4.78 is 57.6. The van der Waals surface area contributed by atoms with Crippen LogP contribution in [0.2, 0.25) is 0 Å². The average Bonchev–Trinajstić information content (AvgIpc) is 3.16. The fraction of sp³-hybridized carbons (Fsp3) is 0.0500. The van der Waals surface area contributed by atoms with E-state index < -0.39 is 34.7 Å². The number of hydrogen-bond acceptors (Lipinski definition) is 6. The number of halogens is 4. The van der Waals surface area contributed by atoms with E-state index >= 15 is 0 Å². The number of esters is 1. The molecule has 0 spiro atoms. The highest BCUT2D eigenvalue weighted by molar-refractivity contribution is 8.27. The molecule has 12 heteroatoms. The number of aliphatic imine (C=N–C) groups is 1. The van der Waals surface area contributed by atoms with Crippen molar-refractivity contribution in [3.63, 3.8) is 0 Å². The monoisotopic (exact) mass is 462 g/mol. The molecule has 0 radical (unpaired) electrons. The molecule has 4 rings (SSSR count). The van der Waals surface area contributed by atoms with Crippen LogP contribution in [0.3, 0.4) is 0 Å². The first-order valence-electron chi connectivity index (χ1n) is 8.77. The Bertz CT molecular complexity index is 1250. The maximum Gasteiger partial charge on any atom is 0.441 e. The molecule has 0 unspecified atom stereocenters. The van der Waals surface area contributed by atoms with Crippen molar-refractivity contribution >= 4 is 45.8 Å². The van der Waals surface area contributed by atoms with Crippen LogP contribution in [-0.2, 0) is 4.79 Å². The number of fused-ring (bicyclic) bond motifs is 1. The summed E-state index contributed by atoms with van der Waals surface area (Å²) in [6.07, 6.45) is -3.54. The van der Waals surface area contributed by atoms with Crippen LogP contribution in [0, 0.1) is 11.2 Å². The molecule has 0 aromatic heterocycles. The van der Waals surface area contributed by atoms with E-state index in [0.29, 0.717) is 10.6 Å². The van der Waals surface area contributed by atoms with Gasteiger partial charge in [0.1, 0.15) is 11.6 Å². The smallest absolute Gasteiger partial charge is 0.423 e. The van der Waals surface area contributed by atoms with Crippen molar-refractivity contribution in [2.45, 2.75) is 6.18 Å². The van der Waals surface area contributed by atoms with E-state index in [1.165, 1.54) is 48.5 Å². The molecule has 32 heavy (non-hydrogen) atoms. The number of hydrazone groups is 1. The summed E-state index contributed by atoms with van der Waals surface area (Å²) in [4.78, 5) is 28.0. The van der Waals surface area contributed by atoms with Crippen LogP contribution in [0.15, 0.2) is 64.2 Å². The molecule has 0 bridgehead atoms. The molecule has 2 aromatic carbocycles. The summed E-state index contributed by atoms with van der Waals surface area (Å²) in [5.41, 5.74) is -0.284. The number of carbonyl (C=O) groups is 2. The number of ether oxygens (including phenoxy) is 1. The lowest BCUT2D eigenvalue weighted by Gasteiger charge is -2.20. The molecule has 0 aliphatic carbocycles. The summed E-state index contributed by atoms with van der Waals surface area (Å²) in [7, 11) is 0. The van der Waals surface area contributed by atoms with E-state index in [1.54, 1.807) is 0 Å². The number of hydrogen-bond donors (Lipinski definition) is 1. The van der Waals surface area contributed by atoms with Gasteiger partial charge in [-0.2, -0.15) is 28.3 Å². The quantitative estimate of drug-likeness (QED) is 0.319. The lowest BCUT2D eigenvalue weighted by molar-refractivity contribution is -0.114. The molecule has 0 atom stereocenters. The Hall–Kier alpha value is -3.80. The first kappa shape index (κ1) is 21.4. The average molecular weight is 462 g/mol. The molecule has 2 aliphatic heterocycles. The van der Waals surface area contributed by atoms with Crippen LogP contribution >= 0.6 is 11.8 Å². The third-order valence-corrected chi connectivity index (χ3v) is 5.12. The number of rotatable bonds is 3. The molecule has 0 saturated carbocycles. The first-order chi connectivity index (χ1) is 15.1. The molecule has 162 valence electrons. The second kappa shape index (κ2) is 8.04. The Morgan fingerprint density at radius 2 is 1.91 bits per heavy atom.